The van der Waals surface area contributed by atoms with Crippen LogP contribution in [0.2, 0.25) is 5.02 Å². The Balaban J connectivity index is 1.42. The first kappa shape index (κ1) is 19.2. The van der Waals surface area contributed by atoms with Crippen molar-refractivity contribution < 1.29 is 4.79 Å². The van der Waals surface area contributed by atoms with Gasteiger partial charge >= 0.3 is 0 Å². The Kier molecular flexibility index (Phi) is 4.79. The lowest BCUT2D eigenvalue weighted by molar-refractivity contribution is -0.120. The zero-order chi connectivity index (χ0) is 20.8. The number of anilines is 1. The molecule has 0 unspecified atom stereocenters. The Morgan fingerprint density at radius 1 is 1.23 bits per heavy atom. The molecule has 5 rings (SSSR count). The lowest BCUT2D eigenvalue weighted by Gasteiger charge is -2.36. The van der Waals surface area contributed by atoms with Crippen LogP contribution in [-0.2, 0) is 11.3 Å². The third kappa shape index (κ3) is 3.28. The van der Waals surface area contributed by atoms with Gasteiger partial charge in [-0.25, -0.2) is 0 Å². The second kappa shape index (κ2) is 7.49. The molecule has 30 heavy (non-hydrogen) atoms. The summed E-state index contributed by atoms with van der Waals surface area (Å²) >= 11 is 6.24. The average molecular weight is 423 g/mol. The smallest absolute Gasteiger partial charge is 0.250 e. The highest BCUT2D eigenvalue weighted by Gasteiger charge is 2.43. The summed E-state index contributed by atoms with van der Waals surface area (Å²) < 4.78 is 0. The number of nitrogens with zero attached hydrogens (tertiary/aromatic N) is 6. The molecule has 0 saturated carbocycles. The normalized spacial score (nSPS) is 20.8. The van der Waals surface area contributed by atoms with Gasteiger partial charge in [-0.3, -0.25) is 4.79 Å². The zero-order valence-corrected chi connectivity index (χ0v) is 17.8. The summed E-state index contributed by atoms with van der Waals surface area (Å²) in [7, 11) is 2.14. The molecule has 1 aromatic heterocycles. The minimum absolute atomic E-state index is 0.0136. The van der Waals surface area contributed by atoms with Crippen LogP contribution in [0.3, 0.4) is 0 Å². The standard InChI is InChI=1S/C22H23ClN6O/c1-14-7-8-19-16(11-14)17-12-27(2)10-9-20(17)29(19)21(30)13-28-25-22(24-26-28)15-5-3-4-6-18(15)23/h3-8,11,17,20H,9-10,12-13H2,1-2H3/t17-,20+/m0/s1. The first-order chi connectivity index (χ1) is 14.5. The second-order valence-corrected chi connectivity index (χ2v) is 8.58. The molecule has 8 heteroatoms. The maximum absolute atomic E-state index is 13.4. The number of rotatable bonds is 3. The molecule has 2 atom stereocenters. The molecule has 0 N–H and O–H groups in total. The van der Waals surface area contributed by atoms with Crippen LogP contribution in [0.25, 0.3) is 11.4 Å². The Morgan fingerprint density at radius 2 is 2.07 bits per heavy atom. The number of carbonyl (C=O) groups is 1. The van der Waals surface area contributed by atoms with Crippen molar-refractivity contribution in [3.8, 4) is 11.4 Å². The third-order valence-electron chi connectivity index (χ3n) is 6.07. The predicted octanol–water partition coefficient (Wildman–Crippen LogP) is 3.14. The Bertz CT molecular complexity index is 1110. The summed E-state index contributed by atoms with van der Waals surface area (Å²) in [5.41, 5.74) is 4.21. The van der Waals surface area contributed by atoms with E-state index in [4.69, 9.17) is 11.6 Å². The Labute approximate surface area is 180 Å². The molecule has 2 aliphatic heterocycles. The zero-order valence-electron chi connectivity index (χ0n) is 17.0. The molecule has 3 aromatic rings. The van der Waals surface area contributed by atoms with Gasteiger partial charge in [0.15, 0.2) is 0 Å². The van der Waals surface area contributed by atoms with Crippen molar-refractivity contribution in [2.45, 2.75) is 31.8 Å². The number of hydrogen-bond donors (Lipinski definition) is 0. The van der Waals surface area contributed by atoms with Gasteiger partial charge in [0.05, 0.1) is 5.02 Å². The number of carbonyl (C=O) groups excluding carboxylic acids is 1. The van der Waals surface area contributed by atoms with E-state index in [-0.39, 0.29) is 18.5 Å². The number of amides is 1. The number of piperidine rings is 1. The van der Waals surface area contributed by atoms with Crippen molar-refractivity contribution >= 4 is 23.2 Å². The molecule has 0 radical (unpaired) electrons. The van der Waals surface area contributed by atoms with E-state index >= 15 is 0 Å². The molecule has 2 aromatic carbocycles. The first-order valence-corrected chi connectivity index (χ1v) is 10.5. The van der Waals surface area contributed by atoms with Crippen LogP contribution in [0.1, 0.15) is 23.5 Å². The van der Waals surface area contributed by atoms with E-state index in [9.17, 15) is 4.79 Å². The van der Waals surface area contributed by atoms with Gasteiger partial charge in [0, 0.05) is 29.8 Å². The molecule has 2 aliphatic rings. The number of fused-ring (bicyclic) bond motifs is 3. The number of aryl methyl sites for hydroxylation is 1. The van der Waals surface area contributed by atoms with Gasteiger partial charge in [0.1, 0.15) is 6.54 Å². The lowest BCUT2D eigenvalue weighted by Crippen LogP contribution is -2.48. The van der Waals surface area contributed by atoms with Crippen molar-refractivity contribution in [3.63, 3.8) is 0 Å². The molecule has 1 saturated heterocycles. The van der Waals surface area contributed by atoms with E-state index in [1.807, 2.05) is 23.1 Å². The van der Waals surface area contributed by atoms with Gasteiger partial charge in [0.2, 0.25) is 5.82 Å². The molecule has 154 valence electrons. The van der Waals surface area contributed by atoms with Gasteiger partial charge in [-0.15, -0.1) is 10.2 Å². The van der Waals surface area contributed by atoms with Gasteiger partial charge < -0.3 is 9.80 Å². The van der Waals surface area contributed by atoms with Crippen molar-refractivity contribution in [2.24, 2.45) is 0 Å². The summed E-state index contributed by atoms with van der Waals surface area (Å²) in [4.78, 5) is 19.0. The molecular formula is C22H23ClN6O. The van der Waals surface area contributed by atoms with Gasteiger partial charge in [0.25, 0.3) is 5.91 Å². The predicted molar refractivity (Wildman–Crippen MR) is 116 cm³/mol. The van der Waals surface area contributed by atoms with E-state index in [2.05, 4.69) is 52.5 Å². The average Bonchev–Trinajstić information content (AvgIpc) is 3.30. The Hall–Kier alpha value is -2.77. The van der Waals surface area contributed by atoms with Crippen molar-refractivity contribution in [1.82, 2.24) is 25.1 Å². The van der Waals surface area contributed by atoms with Gasteiger partial charge in [-0.05, 0) is 55.9 Å². The van der Waals surface area contributed by atoms with Crippen LogP contribution in [0, 0.1) is 6.92 Å². The lowest BCUT2D eigenvalue weighted by atomic mass is 9.89. The molecular weight excluding hydrogens is 400 g/mol. The fraction of sp³-hybridized carbons (Fsp3) is 0.364. The van der Waals surface area contributed by atoms with Gasteiger partial charge in [-0.1, -0.05) is 41.4 Å². The highest BCUT2D eigenvalue weighted by Crippen LogP contribution is 2.45. The summed E-state index contributed by atoms with van der Waals surface area (Å²) in [5.74, 6) is 0.744. The minimum atomic E-state index is -0.0136. The van der Waals surface area contributed by atoms with Crippen molar-refractivity contribution in [2.75, 3.05) is 25.0 Å². The van der Waals surface area contributed by atoms with Crippen LogP contribution in [0.5, 0.6) is 0 Å². The van der Waals surface area contributed by atoms with Crippen LogP contribution < -0.4 is 4.90 Å². The summed E-state index contributed by atoms with van der Waals surface area (Å²) in [6, 6.07) is 13.9. The number of likely N-dealkylation sites (tertiary alicyclic amines) is 1. The molecule has 1 fully saturated rings. The van der Waals surface area contributed by atoms with E-state index in [0.717, 1.165) is 25.2 Å². The Morgan fingerprint density at radius 3 is 2.90 bits per heavy atom. The van der Waals surface area contributed by atoms with Crippen LogP contribution >= 0.6 is 11.6 Å². The monoisotopic (exact) mass is 422 g/mol. The maximum atomic E-state index is 13.4. The third-order valence-corrected chi connectivity index (χ3v) is 6.40. The molecule has 1 amide bonds. The quantitative estimate of drug-likeness (QED) is 0.648. The van der Waals surface area contributed by atoms with Crippen molar-refractivity contribution in [3.05, 3.63) is 58.6 Å². The summed E-state index contributed by atoms with van der Waals surface area (Å²) in [6.45, 7) is 4.09. The number of aromatic nitrogens is 4. The molecule has 0 aliphatic carbocycles. The number of benzene rings is 2. The summed E-state index contributed by atoms with van der Waals surface area (Å²) in [6.07, 6.45) is 0.955. The number of hydrogen-bond acceptors (Lipinski definition) is 5. The van der Waals surface area contributed by atoms with E-state index < -0.39 is 0 Å². The first-order valence-electron chi connectivity index (χ1n) is 10.1. The number of halogens is 1. The molecule has 0 bridgehead atoms. The largest absolute Gasteiger partial charge is 0.307 e. The second-order valence-electron chi connectivity index (χ2n) is 8.17. The molecule has 0 spiro atoms. The highest BCUT2D eigenvalue weighted by atomic mass is 35.5. The summed E-state index contributed by atoms with van der Waals surface area (Å²) in [5, 5.41) is 13.1. The number of likely N-dealkylation sites (N-methyl/N-ethyl adjacent to an activating group) is 1. The van der Waals surface area contributed by atoms with E-state index in [1.165, 1.54) is 15.9 Å². The SMILES string of the molecule is Cc1ccc2c(c1)[C@@H]1CN(C)CC[C@H]1N2C(=O)Cn1nnc(-c2ccccc2Cl)n1. The fourth-order valence-electron chi connectivity index (χ4n) is 4.66. The number of tetrazole rings is 1. The van der Waals surface area contributed by atoms with Crippen LogP contribution in [-0.4, -0.2) is 57.2 Å². The fourth-order valence-corrected chi connectivity index (χ4v) is 4.88. The van der Waals surface area contributed by atoms with E-state index in [1.54, 1.807) is 6.07 Å². The topological polar surface area (TPSA) is 67.2 Å². The minimum Gasteiger partial charge on any atom is -0.307 e. The van der Waals surface area contributed by atoms with Crippen LogP contribution in [0.4, 0.5) is 5.69 Å². The van der Waals surface area contributed by atoms with Crippen LogP contribution in [0.15, 0.2) is 42.5 Å². The maximum Gasteiger partial charge on any atom is 0.250 e. The highest BCUT2D eigenvalue weighted by molar-refractivity contribution is 6.33. The molecule has 3 heterocycles. The molecule has 7 nitrogen and oxygen atoms in total. The van der Waals surface area contributed by atoms with Crippen molar-refractivity contribution in [1.29, 1.82) is 0 Å². The van der Waals surface area contributed by atoms with E-state index in [0.29, 0.717) is 22.3 Å². The van der Waals surface area contributed by atoms with Gasteiger partial charge in [-0.2, -0.15) is 4.80 Å².